The van der Waals surface area contributed by atoms with Gasteiger partial charge in [0.05, 0.1) is 25.3 Å². The van der Waals surface area contributed by atoms with E-state index in [0.29, 0.717) is 45.3 Å². The maximum absolute atomic E-state index is 12.9. The molecule has 0 saturated carbocycles. The highest BCUT2D eigenvalue weighted by Gasteiger charge is 2.31. The fourth-order valence-corrected chi connectivity index (χ4v) is 3.53. The molecule has 6 heteroatoms. The topological polar surface area (TPSA) is 71.1 Å². The van der Waals surface area contributed by atoms with Crippen LogP contribution in [0.2, 0.25) is 0 Å². The van der Waals surface area contributed by atoms with E-state index in [4.69, 9.17) is 18.9 Å². The third-order valence-electron chi connectivity index (χ3n) is 5.33. The van der Waals surface area contributed by atoms with Crippen LogP contribution >= 0.6 is 0 Å². The lowest BCUT2D eigenvalue weighted by Gasteiger charge is -2.11. The number of ether oxygens (including phenoxy) is 4. The van der Waals surface area contributed by atoms with Gasteiger partial charge in [0.1, 0.15) is 23.0 Å². The molecule has 0 amide bonds. The smallest absolute Gasteiger partial charge is 0.343 e. The molecule has 3 aromatic carbocycles. The van der Waals surface area contributed by atoms with Gasteiger partial charge in [0.15, 0.2) is 5.76 Å². The van der Waals surface area contributed by atoms with Crippen LogP contribution in [0.1, 0.15) is 37.4 Å². The number of carbonyl (C=O) groups is 2. The zero-order valence-electron chi connectivity index (χ0n) is 18.2. The number of benzene rings is 3. The molecule has 32 heavy (non-hydrogen) atoms. The van der Waals surface area contributed by atoms with E-state index in [2.05, 4.69) is 0 Å². The number of hydrogen-bond acceptors (Lipinski definition) is 6. The molecule has 1 aliphatic rings. The summed E-state index contributed by atoms with van der Waals surface area (Å²) < 4.78 is 22.2. The first kappa shape index (κ1) is 21.2. The molecule has 0 unspecified atom stereocenters. The minimum absolute atomic E-state index is 0.150. The third kappa shape index (κ3) is 3.83. The zero-order valence-corrected chi connectivity index (χ0v) is 18.2. The molecule has 1 heterocycles. The lowest BCUT2D eigenvalue weighted by molar-refractivity contribution is 0.0732. The minimum atomic E-state index is -0.465. The Kier molecular flexibility index (Phi) is 5.69. The Morgan fingerprint density at radius 2 is 1.69 bits per heavy atom. The molecular formula is C26H22O6. The number of hydrogen-bond donors (Lipinski definition) is 0. The minimum Gasteiger partial charge on any atom is -0.497 e. The molecule has 162 valence electrons. The number of aryl methyl sites for hydroxylation is 1. The summed E-state index contributed by atoms with van der Waals surface area (Å²) in [7, 11) is 3.12. The van der Waals surface area contributed by atoms with Crippen LogP contribution in [0.25, 0.3) is 6.08 Å². The largest absolute Gasteiger partial charge is 0.497 e. The summed E-state index contributed by atoms with van der Waals surface area (Å²) in [6.07, 6.45) is 1.61. The monoisotopic (exact) mass is 430 g/mol. The molecule has 4 rings (SSSR count). The molecule has 0 spiro atoms. The van der Waals surface area contributed by atoms with Gasteiger partial charge in [0.2, 0.25) is 5.78 Å². The molecule has 6 nitrogen and oxygen atoms in total. The van der Waals surface area contributed by atoms with Crippen LogP contribution in [0.3, 0.4) is 0 Å². The van der Waals surface area contributed by atoms with Gasteiger partial charge in [-0.15, -0.1) is 0 Å². The highest BCUT2D eigenvalue weighted by molar-refractivity contribution is 6.15. The fraction of sp³-hybridized carbons (Fsp3) is 0.154. The van der Waals surface area contributed by atoms with E-state index < -0.39 is 5.97 Å². The van der Waals surface area contributed by atoms with Gasteiger partial charge >= 0.3 is 5.97 Å². The van der Waals surface area contributed by atoms with Gasteiger partial charge in [0.25, 0.3) is 0 Å². The maximum Gasteiger partial charge on any atom is 0.343 e. The van der Waals surface area contributed by atoms with Crippen molar-refractivity contribution in [3.63, 3.8) is 0 Å². The summed E-state index contributed by atoms with van der Waals surface area (Å²) in [6, 6.07) is 15.7. The number of rotatable bonds is 5. The van der Waals surface area contributed by atoms with E-state index in [-0.39, 0.29) is 11.5 Å². The standard InChI is InChI=1S/C26H22O6/c1-15-7-5-6-8-19(15)26(28)32-21-12-10-20-24(27)23(31-25(20)16(21)2)14-17-13-18(29-3)9-11-22(17)30-4/h5-14H,1-4H3/b23-14-. The van der Waals surface area contributed by atoms with E-state index in [1.807, 2.05) is 19.1 Å². The number of allylic oxidation sites excluding steroid dienone is 1. The number of ketones is 1. The van der Waals surface area contributed by atoms with Crippen LogP contribution in [0.4, 0.5) is 0 Å². The first-order chi connectivity index (χ1) is 15.4. The van der Waals surface area contributed by atoms with Crippen LogP contribution in [0.5, 0.6) is 23.0 Å². The van der Waals surface area contributed by atoms with Crippen molar-refractivity contribution >= 4 is 17.8 Å². The van der Waals surface area contributed by atoms with E-state index in [9.17, 15) is 9.59 Å². The summed E-state index contributed by atoms with van der Waals surface area (Å²) in [4.78, 5) is 25.6. The lowest BCUT2D eigenvalue weighted by Crippen LogP contribution is -2.11. The van der Waals surface area contributed by atoms with E-state index >= 15 is 0 Å². The SMILES string of the molecule is COc1ccc(OC)c(/C=C2\Oc3c(ccc(OC(=O)c4ccccc4C)c3C)C2=O)c1. The fourth-order valence-electron chi connectivity index (χ4n) is 3.53. The van der Waals surface area contributed by atoms with Crippen molar-refractivity contribution in [3.8, 4) is 23.0 Å². The van der Waals surface area contributed by atoms with Crippen molar-refractivity contribution in [2.75, 3.05) is 14.2 Å². The van der Waals surface area contributed by atoms with E-state index in [1.165, 1.54) is 0 Å². The number of carbonyl (C=O) groups excluding carboxylic acids is 2. The predicted octanol–water partition coefficient (Wildman–Crippen LogP) is 5.16. The van der Waals surface area contributed by atoms with Gasteiger partial charge in [-0.1, -0.05) is 18.2 Å². The number of Topliss-reactive ketones (excluding diaryl/α,β-unsaturated/α-hetero) is 1. The molecule has 0 aliphatic carbocycles. The molecule has 0 atom stereocenters. The highest BCUT2D eigenvalue weighted by Crippen LogP contribution is 2.40. The Hall–Kier alpha value is -4.06. The van der Waals surface area contributed by atoms with Crippen molar-refractivity contribution in [3.05, 3.63) is 88.2 Å². The van der Waals surface area contributed by atoms with Gasteiger partial charge in [-0.05, 0) is 61.9 Å². The van der Waals surface area contributed by atoms with Crippen molar-refractivity contribution in [1.29, 1.82) is 0 Å². The summed E-state index contributed by atoms with van der Waals surface area (Å²) in [5.41, 5.74) is 2.92. The van der Waals surface area contributed by atoms with Gasteiger partial charge < -0.3 is 18.9 Å². The first-order valence-electron chi connectivity index (χ1n) is 10.0. The number of esters is 1. The molecule has 3 aromatic rings. The Labute approximate surface area is 186 Å². The normalized spacial score (nSPS) is 13.5. The van der Waals surface area contributed by atoms with Gasteiger partial charge in [0, 0.05) is 11.1 Å². The quantitative estimate of drug-likeness (QED) is 0.316. The molecule has 0 N–H and O–H groups in total. The first-order valence-corrected chi connectivity index (χ1v) is 10.0. The molecule has 0 aromatic heterocycles. The third-order valence-corrected chi connectivity index (χ3v) is 5.33. The average molecular weight is 430 g/mol. The molecule has 0 bridgehead atoms. The van der Waals surface area contributed by atoms with Crippen LogP contribution in [0, 0.1) is 13.8 Å². The van der Waals surface area contributed by atoms with E-state index in [1.54, 1.807) is 69.7 Å². The van der Waals surface area contributed by atoms with Crippen LogP contribution in [-0.4, -0.2) is 26.0 Å². The lowest BCUT2D eigenvalue weighted by atomic mass is 10.1. The second-order valence-corrected chi connectivity index (χ2v) is 7.32. The molecule has 0 saturated heterocycles. The second kappa shape index (κ2) is 8.59. The molecule has 0 fully saturated rings. The number of fused-ring (bicyclic) bond motifs is 1. The summed E-state index contributed by atoms with van der Waals surface area (Å²) in [5, 5.41) is 0. The van der Waals surface area contributed by atoms with Crippen molar-refractivity contribution in [2.45, 2.75) is 13.8 Å². The van der Waals surface area contributed by atoms with Gasteiger partial charge in [-0.3, -0.25) is 4.79 Å². The molecule has 1 aliphatic heterocycles. The van der Waals surface area contributed by atoms with Gasteiger partial charge in [-0.2, -0.15) is 0 Å². The maximum atomic E-state index is 12.9. The average Bonchev–Trinajstić information content (AvgIpc) is 3.11. The molecular weight excluding hydrogens is 408 g/mol. The van der Waals surface area contributed by atoms with Crippen molar-refractivity contribution in [2.24, 2.45) is 0 Å². The van der Waals surface area contributed by atoms with Crippen LogP contribution < -0.4 is 18.9 Å². The van der Waals surface area contributed by atoms with Crippen molar-refractivity contribution < 1.29 is 28.5 Å². The summed E-state index contributed by atoms with van der Waals surface area (Å²) in [5.74, 6) is 1.34. The Balaban J connectivity index is 1.65. The summed E-state index contributed by atoms with van der Waals surface area (Å²) >= 11 is 0. The highest BCUT2D eigenvalue weighted by atomic mass is 16.5. The molecule has 0 radical (unpaired) electrons. The summed E-state index contributed by atoms with van der Waals surface area (Å²) in [6.45, 7) is 3.60. The Morgan fingerprint density at radius 1 is 0.938 bits per heavy atom. The zero-order chi connectivity index (χ0) is 22.8. The number of methoxy groups -OCH3 is 2. The predicted molar refractivity (Wildman–Crippen MR) is 120 cm³/mol. The second-order valence-electron chi connectivity index (χ2n) is 7.32. The van der Waals surface area contributed by atoms with E-state index in [0.717, 1.165) is 5.56 Å². The van der Waals surface area contributed by atoms with Crippen molar-refractivity contribution in [1.82, 2.24) is 0 Å². The van der Waals surface area contributed by atoms with Crippen LogP contribution in [-0.2, 0) is 0 Å². The van der Waals surface area contributed by atoms with Gasteiger partial charge in [-0.25, -0.2) is 4.79 Å². The Morgan fingerprint density at radius 3 is 2.41 bits per heavy atom. The Bertz CT molecular complexity index is 1260. The van der Waals surface area contributed by atoms with Crippen LogP contribution in [0.15, 0.2) is 60.4 Å².